The van der Waals surface area contributed by atoms with Crippen molar-refractivity contribution in [2.45, 2.75) is 19.8 Å². The molecule has 1 heterocycles. The molecular weight excluding hydrogens is 136 g/mol. The van der Waals surface area contributed by atoms with E-state index in [2.05, 4.69) is 23.3 Å². The van der Waals surface area contributed by atoms with Crippen molar-refractivity contribution in [2.24, 2.45) is 0 Å². The second-order valence-electron chi connectivity index (χ2n) is 2.55. The zero-order valence-electron chi connectivity index (χ0n) is 7.09. The van der Waals surface area contributed by atoms with Crippen LogP contribution in [0.15, 0.2) is 18.3 Å². The van der Waals surface area contributed by atoms with Crippen molar-refractivity contribution in [3.63, 3.8) is 0 Å². The van der Waals surface area contributed by atoms with Gasteiger partial charge in [0.15, 0.2) is 0 Å². The summed E-state index contributed by atoms with van der Waals surface area (Å²) in [6, 6.07) is 4.12. The molecule has 1 rings (SSSR count). The monoisotopic (exact) mass is 152 g/mol. The Bertz CT molecular complexity index is 208. The number of rotatable bonds is 3. The van der Waals surface area contributed by atoms with Gasteiger partial charge in [0.05, 0.1) is 0 Å². The van der Waals surface area contributed by atoms with Crippen molar-refractivity contribution in [3.05, 3.63) is 23.9 Å². The minimum absolute atomic E-state index is 0. The number of aryl methyl sites for hydroxylation is 1. The van der Waals surface area contributed by atoms with Gasteiger partial charge in [-0.05, 0) is 18.1 Å². The molecule has 2 heteroatoms. The molecule has 0 unspecified atom stereocenters. The fraction of sp³-hybridized carbons (Fsp3) is 0.444. The van der Waals surface area contributed by atoms with Gasteiger partial charge >= 0.3 is 0 Å². The zero-order valence-corrected chi connectivity index (χ0v) is 7.09. The first-order chi connectivity index (χ1) is 5.36. The standard InChI is InChI=1S/C9H14N2.H2/c1-3-4-8-5-6-9(10-2)11-7-8;/h5-7H,3-4H2,1-2H3,(H,10,11);1H. The lowest BCUT2D eigenvalue weighted by atomic mass is 10.2. The third-order valence-electron chi connectivity index (χ3n) is 1.62. The molecule has 1 aromatic heterocycles. The molecule has 0 aliphatic carbocycles. The van der Waals surface area contributed by atoms with Crippen LogP contribution in [0.1, 0.15) is 20.3 Å². The van der Waals surface area contributed by atoms with E-state index in [1.165, 1.54) is 12.0 Å². The van der Waals surface area contributed by atoms with Crippen molar-refractivity contribution in [1.29, 1.82) is 0 Å². The quantitative estimate of drug-likeness (QED) is 0.719. The van der Waals surface area contributed by atoms with Crippen molar-refractivity contribution >= 4 is 5.82 Å². The summed E-state index contributed by atoms with van der Waals surface area (Å²) in [6.45, 7) is 2.17. The molecule has 2 nitrogen and oxygen atoms in total. The van der Waals surface area contributed by atoms with E-state index < -0.39 is 0 Å². The average Bonchev–Trinajstić information content (AvgIpc) is 2.07. The lowest BCUT2D eigenvalue weighted by molar-refractivity contribution is 0.914. The highest BCUT2D eigenvalue weighted by Gasteiger charge is 1.91. The molecule has 62 valence electrons. The highest BCUT2D eigenvalue weighted by Crippen LogP contribution is 2.05. The van der Waals surface area contributed by atoms with Crippen LogP contribution in [-0.2, 0) is 6.42 Å². The van der Waals surface area contributed by atoms with Gasteiger partial charge in [-0.25, -0.2) is 4.98 Å². The Labute approximate surface area is 69.1 Å². The Kier molecular flexibility index (Phi) is 2.90. The van der Waals surface area contributed by atoms with Crippen molar-refractivity contribution in [3.8, 4) is 0 Å². The highest BCUT2D eigenvalue weighted by atomic mass is 14.9. The third kappa shape index (κ3) is 2.22. The topological polar surface area (TPSA) is 24.9 Å². The van der Waals surface area contributed by atoms with Crippen LogP contribution in [0.3, 0.4) is 0 Å². The molecule has 0 fully saturated rings. The van der Waals surface area contributed by atoms with E-state index in [0.29, 0.717) is 0 Å². The Hall–Kier alpha value is -1.05. The molecule has 0 aliphatic rings. The van der Waals surface area contributed by atoms with Gasteiger partial charge in [-0.15, -0.1) is 0 Å². The first kappa shape index (κ1) is 8.05. The summed E-state index contributed by atoms with van der Waals surface area (Å²) in [4.78, 5) is 4.20. The van der Waals surface area contributed by atoms with Gasteiger partial charge < -0.3 is 5.32 Å². The van der Waals surface area contributed by atoms with E-state index in [1.54, 1.807) is 0 Å². The summed E-state index contributed by atoms with van der Waals surface area (Å²) in [5.41, 5.74) is 1.31. The molecule has 11 heavy (non-hydrogen) atoms. The summed E-state index contributed by atoms with van der Waals surface area (Å²) in [6.07, 6.45) is 4.23. The minimum atomic E-state index is 0. The number of anilines is 1. The fourth-order valence-corrected chi connectivity index (χ4v) is 1.01. The lowest BCUT2D eigenvalue weighted by Gasteiger charge is -2.00. The predicted octanol–water partition coefficient (Wildman–Crippen LogP) is 2.32. The number of pyridine rings is 1. The third-order valence-corrected chi connectivity index (χ3v) is 1.62. The van der Waals surface area contributed by atoms with E-state index in [1.807, 2.05) is 19.3 Å². The largest absolute Gasteiger partial charge is 0.373 e. The Morgan fingerprint density at radius 2 is 2.36 bits per heavy atom. The second-order valence-corrected chi connectivity index (χ2v) is 2.55. The van der Waals surface area contributed by atoms with E-state index in [0.717, 1.165) is 12.2 Å². The molecule has 0 radical (unpaired) electrons. The SMILES string of the molecule is CCCc1ccc(NC)nc1.[HH]. The normalized spacial score (nSPS) is 9.64. The Balaban J connectivity index is 0.00000121. The van der Waals surface area contributed by atoms with E-state index in [-0.39, 0.29) is 1.43 Å². The van der Waals surface area contributed by atoms with E-state index >= 15 is 0 Å². The summed E-state index contributed by atoms with van der Waals surface area (Å²) in [5.74, 6) is 0.935. The van der Waals surface area contributed by atoms with Crippen LogP contribution in [0.4, 0.5) is 5.82 Å². The molecule has 0 aromatic carbocycles. The van der Waals surface area contributed by atoms with Crippen molar-refractivity contribution in [1.82, 2.24) is 4.98 Å². The lowest BCUT2D eigenvalue weighted by Crippen LogP contribution is -1.92. The van der Waals surface area contributed by atoms with Gasteiger partial charge in [-0.3, -0.25) is 0 Å². The maximum Gasteiger partial charge on any atom is 0.125 e. The molecule has 1 N–H and O–H groups in total. The van der Waals surface area contributed by atoms with Crippen LogP contribution in [-0.4, -0.2) is 12.0 Å². The van der Waals surface area contributed by atoms with Gasteiger partial charge in [-0.2, -0.15) is 0 Å². The first-order valence-electron chi connectivity index (χ1n) is 3.99. The fourth-order valence-electron chi connectivity index (χ4n) is 1.01. The highest BCUT2D eigenvalue weighted by molar-refractivity contribution is 5.34. The molecule has 0 amide bonds. The van der Waals surface area contributed by atoms with Crippen molar-refractivity contribution in [2.75, 3.05) is 12.4 Å². The summed E-state index contributed by atoms with van der Waals surface area (Å²) < 4.78 is 0. The second kappa shape index (κ2) is 3.96. The zero-order chi connectivity index (χ0) is 8.10. The van der Waals surface area contributed by atoms with Gasteiger partial charge in [0.25, 0.3) is 0 Å². The van der Waals surface area contributed by atoms with Gasteiger partial charge in [-0.1, -0.05) is 19.4 Å². The summed E-state index contributed by atoms with van der Waals surface area (Å²) in [5, 5.41) is 2.99. The molecule has 0 aliphatic heterocycles. The van der Waals surface area contributed by atoms with Crippen LogP contribution in [0.5, 0.6) is 0 Å². The maximum absolute atomic E-state index is 4.20. The average molecular weight is 152 g/mol. The van der Waals surface area contributed by atoms with Crippen LogP contribution in [0, 0.1) is 0 Å². The maximum atomic E-state index is 4.20. The Morgan fingerprint density at radius 1 is 1.55 bits per heavy atom. The smallest absolute Gasteiger partial charge is 0.125 e. The van der Waals surface area contributed by atoms with Gasteiger partial charge in [0.2, 0.25) is 0 Å². The molecule has 1 aromatic rings. The van der Waals surface area contributed by atoms with Crippen LogP contribution in [0.2, 0.25) is 0 Å². The predicted molar refractivity (Wildman–Crippen MR) is 49.9 cm³/mol. The molecule has 0 saturated heterocycles. The summed E-state index contributed by atoms with van der Waals surface area (Å²) >= 11 is 0. The van der Waals surface area contributed by atoms with Crippen molar-refractivity contribution < 1.29 is 1.43 Å². The van der Waals surface area contributed by atoms with E-state index in [4.69, 9.17) is 0 Å². The molecule has 0 spiro atoms. The number of aromatic nitrogens is 1. The van der Waals surface area contributed by atoms with Crippen LogP contribution < -0.4 is 5.32 Å². The van der Waals surface area contributed by atoms with Gasteiger partial charge in [0, 0.05) is 14.7 Å². The first-order valence-corrected chi connectivity index (χ1v) is 3.99. The van der Waals surface area contributed by atoms with E-state index in [9.17, 15) is 0 Å². The van der Waals surface area contributed by atoms with Crippen LogP contribution in [0.25, 0.3) is 0 Å². The van der Waals surface area contributed by atoms with Gasteiger partial charge in [0.1, 0.15) is 5.82 Å². The van der Waals surface area contributed by atoms with Crippen LogP contribution >= 0.6 is 0 Å². The molecule has 0 saturated carbocycles. The number of hydrogen-bond acceptors (Lipinski definition) is 2. The number of hydrogen-bond donors (Lipinski definition) is 1. The molecule has 0 bridgehead atoms. The number of nitrogens with one attached hydrogen (secondary N) is 1. The molecule has 0 atom stereocenters. The Morgan fingerprint density at radius 3 is 2.82 bits per heavy atom. The molecular formula is C9H16N2. The minimum Gasteiger partial charge on any atom is -0.373 e. The summed E-state index contributed by atoms with van der Waals surface area (Å²) in [7, 11) is 1.88. The number of nitrogens with zero attached hydrogens (tertiary/aromatic N) is 1.